The summed E-state index contributed by atoms with van der Waals surface area (Å²) < 4.78 is 11.9. The molecule has 2 N–H and O–H groups in total. The maximum atomic E-state index is 12.7. The number of halogens is 1. The third kappa shape index (κ3) is 5.21. The highest BCUT2D eigenvalue weighted by atomic mass is 127. The predicted octanol–water partition coefficient (Wildman–Crippen LogP) is 1.51. The van der Waals surface area contributed by atoms with Crippen molar-refractivity contribution in [3.05, 3.63) is 12.2 Å². The average Bonchev–Trinajstić information content (AvgIpc) is 3.30. The second kappa shape index (κ2) is 9.89. The van der Waals surface area contributed by atoms with Crippen LogP contribution >= 0.6 is 24.0 Å². The molecule has 1 aliphatic heterocycles. The van der Waals surface area contributed by atoms with Crippen molar-refractivity contribution in [2.24, 2.45) is 28.7 Å². The smallest absolute Gasteiger partial charge is 0.233 e. The molecule has 0 radical (unpaired) electrons. The lowest BCUT2D eigenvalue weighted by Crippen LogP contribution is -2.44. The lowest BCUT2D eigenvalue weighted by molar-refractivity contribution is -0.140. The SMILES string of the molecule is CCNC(=NCCS(=O)C(C)(C)C)NCCN1C(=O)C2C3C=CC(C3)C2C1=O.I. The third-order valence-electron chi connectivity index (χ3n) is 5.76. The van der Waals surface area contributed by atoms with Crippen LogP contribution in [0.15, 0.2) is 17.1 Å². The van der Waals surface area contributed by atoms with Crippen LogP contribution in [0.5, 0.6) is 0 Å². The van der Waals surface area contributed by atoms with Crippen LogP contribution in [-0.4, -0.2) is 63.6 Å². The Morgan fingerprint density at radius 1 is 1.17 bits per heavy atom. The fraction of sp³-hybridized carbons (Fsp3) is 0.750. The van der Waals surface area contributed by atoms with Crippen molar-refractivity contribution in [1.82, 2.24) is 15.5 Å². The van der Waals surface area contributed by atoms with Gasteiger partial charge in [0.25, 0.3) is 0 Å². The number of imide groups is 1. The summed E-state index contributed by atoms with van der Waals surface area (Å²) >= 11 is 0. The van der Waals surface area contributed by atoms with Crippen molar-refractivity contribution in [3.8, 4) is 0 Å². The number of likely N-dealkylation sites (tertiary alicyclic amines) is 1. The number of rotatable bonds is 7. The van der Waals surface area contributed by atoms with Crippen LogP contribution in [-0.2, 0) is 20.4 Å². The summed E-state index contributed by atoms with van der Waals surface area (Å²) in [4.78, 5) is 31.3. The van der Waals surface area contributed by atoms with E-state index in [0.29, 0.717) is 37.9 Å². The van der Waals surface area contributed by atoms with Crippen molar-refractivity contribution < 1.29 is 13.8 Å². The predicted molar refractivity (Wildman–Crippen MR) is 127 cm³/mol. The summed E-state index contributed by atoms with van der Waals surface area (Å²) in [6.07, 6.45) is 5.17. The Hall–Kier alpha value is -0.970. The van der Waals surface area contributed by atoms with Crippen LogP contribution in [0.3, 0.4) is 0 Å². The molecule has 2 fully saturated rings. The van der Waals surface area contributed by atoms with E-state index in [0.717, 1.165) is 6.42 Å². The number of nitrogens with one attached hydrogen (secondary N) is 2. The summed E-state index contributed by atoms with van der Waals surface area (Å²) in [5.41, 5.74) is 0. The highest BCUT2D eigenvalue weighted by Crippen LogP contribution is 2.52. The standard InChI is InChI=1S/C20H32N4O3S.HI/c1-5-21-19(23-9-11-28(27)20(2,3)4)22-8-10-24-17(25)15-13-6-7-14(12-13)16(15)18(24)26;/h6-7,13-16H,5,8-12H2,1-4H3,(H2,21,22,23);1H. The van der Waals surface area contributed by atoms with Crippen LogP contribution in [0.1, 0.15) is 34.1 Å². The maximum absolute atomic E-state index is 12.7. The second-order valence-corrected chi connectivity index (χ2v) is 11.0. The topological polar surface area (TPSA) is 90.9 Å². The molecule has 29 heavy (non-hydrogen) atoms. The fourth-order valence-electron chi connectivity index (χ4n) is 4.36. The van der Waals surface area contributed by atoms with Crippen LogP contribution in [0.2, 0.25) is 0 Å². The first kappa shape index (κ1) is 24.3. The largest absolute Gasteiger partial charge is 0.357 e. The van der Waals surface area contributed by atoms with Crippen molar-refractivity contribution in [2.45, 2.75) is 38.9 Å². The minimum atomic E-state index is -0.945. The Kier molecular flexibility index (Phi) is 8.29. The quantitative estimate of drug-likeness (QED) is 0.169. The van der Waals surface area contributed by atoms with Crippen molar-refractivity contribution in [3.63, 3.8) is 0 Å². The van der Waals surface area contributed by atoms with E-state index in [4.69, 9.17) is 0 Å². The van der Waals surface area contributed by atoms with Crippen molar-refractivity contribution in [2.75, 3.05) is 31.9 Å². The van der Waals surface area contributed by atoms with Gasteiger partial charge < -0.3 is 10.6 Å². The minimum Gasteiger partial charge on any atom is -0.357 e. The summed E-state index contributed by atoms with van der Waals surface area (Å²) in [6.45, 7) is 9.81. The lowest BCUT2D eigenvalue weighted by Gasteiger charge is -2.19. The van der Waals surface area contributed by atoms with Gasteiger partial charge in [-0.15, -0.1) is 24.0 Å². The van der Waals surface area contributed by atoms with Gasteiger partial charge in [0.2, 0.25) is 11.8 Å². The highest BCUT2D eigenvalue weighted by molar-refractivity contribution is 14.0. The Balaban J connectivity index is 0.00000300. The number of carbonyl (C=O) groups is 2. The molecule has 0 spiro atoms. The van der Waals surface area contributed by atoms with E-state index in [1.165, 1.54) is 4.90 Å². The molecule has 0 aromatic heterocycles. The summed E-state index contributed by atoms with van der Waals surface area (Å²) in [7, 11) is -0.945. The normalized spacial score (nSPS) is 29.1. The van der Waals surface area contributed by atoms with Gasteiger partial charge in [0, 0.05) is 40.9 Å². The van der Waals surface area contributed by atoms with Crippen molar-refractivity contribution in [1.29, 1.82) is 0 Å². The molecule has 7 nitrogen and oxygen atoms in total. The number of amides is 2. The molecule has 0 aromatic carbocycles. The first-order chi connectivity index (χ1) is 13.2. The molecule has 1 saturated heterocycles. The lowest BCUT2D eigenvalue weighted by atomic mass is 9.85. The average molecular weight is 536 g/mol. The molecule has 164 valence electrons. The molecule has 9 heteroatoms. The maximum Gasteiger partial charge on any atom is 0.233 e. The van der Waals surface area contributed by atoms with E-state index in [-0.39, 0.29) is 64.2 Å². The highest BCUT2D eigenvalue weighted by Gasteiger charge is 2.58. The van der Waals surface area contributed by atoms with Gasteiger partial charge in [-0.2, -0.15) is 0 Å². The van der Waals surface area contributed by atoms with E-state index < -0.39 is 10.8 Å². The number of carbonyl (C=O) groups excluding carboxylic acids is 2. The number of fused-ring (bicyclic) bond motifs is 5. The number of allylic oxidation sites excluding steroid dienone is 2. The van der Waals surface area contributed by atoms with Gasteiger partial charge in [0.15, 0.2) is 5.96 Å². The van der Waals surface area contributed by atoms with E-state index in [1.54, 1.807) is 0 Å². The van der Waals surface area contributed by atoms with Gasteiger partial charge in [-0.3, -0.25) is 23.7 Å². The summed E-state index contributed by atoms with van der Waals surface area (Å²) in [6, 6.07) is 0. The van der Waals surface area contributed by atoms with Gasteiger partial charge in [0.1, 0.15) is 0 Å². The van der Waals surface area contributed by atoms with Crippen LogP contribution in [0, 0.1) is 23.7 Å². The second-order valence-electron chi connectivity index (χ2n) is 8.68. The van der Waals surface area contributed by atoms with E-state index in [2.05, 4.69) is 27.8 Å². The van der Waals surface area contributed by atoms with Crippen molar-refractivity contribution >= 4 is 52.6 Å². The Bertz CT molecular complexity index is 689. The zero-order valence-corrected chi connectivity index (χ0v) is 20.8. The minimum absolute atomic E-state index is 0. The monoisotopic (exact) mass is 536 g/mol. The van der Waals surface area contributed by atoms with E-state index in [1.807, 2.05) is 27.7 Å². The van der Waals surface area contributed by atoms with Gasteiger partial charge in [0.05, 0.1) is 18.4 Å². The molecule has 0 aromatic rings. The summed E-state index contributed by atoms with van der Waals surface area (Å²) in [5.74, 6) is 1.29. The molecule has 3 aliphatic rings. The number of aliphatic imine (C=N–C) groups is 1. The number of guanidine groups is 1. The molecular weight excluding hydrogens is 503 g/mol. The Morgan fingerprint density at radius 2 is 1.76 bits per heavy atom. The third-order valence-corrected chi connectivity index (χ3v) is 7.68. The Labute approximate surface area is 193 Å². The molecule has 1 saturated carbocycles. The molecule has 1 heterocycles. The van der Waals surface area contributed by atoms with Gasteiger partial charge in [-0.05, 0) is 46.0 Å². The first-order valence-electron chi connectivity index (χ1n) is 10.2. The van der Waals surface area contributed by atoms with E-state index in [9.17, 15) is 13.8 Å². The van der Waals surface area contributed by atoms with Gasteiger partial charge in [-0.1, -0.05) is 12.2 Å². The first-order valence-corrected chi connectivity index (χ1v) is 11.5. The van der Waals surface area contributed by atoms with Crippen LogP contribution in [0.25, 0.3) is 0 Å². The molecule has 2 amide bonds. The molecule has 2 aliphatic carbocycles. The van der Waals surface area contributed by atoms with Crippen LogP contribution in [0.4, 0.5) is 0 Å². The number of nitrogens with zero attached hydrogens (tertiary/aromatic N) is 2. The number of hydrogen-bond acceptors (Lipinski definition) is 4. The molecule has 2 bridgehead atoms. The molecular formula is C20H33IN4O3S. The zero-order chi connectivity index (χ0) is 20.5. The summed E-state index contributed by atoms with van der Waals surface area (Å²) in [5, 5.41) is 6.33. The molecule has 3 rings (SSSR count). The van der Waals surface area contributed by atoms with Crippen LogP contribution < -0.4 is 10.6 Å². The molecule has 5 unspecified atom stereocenters. The van der Waals surface area contributed by atoms with Gasteiger partial charge >= 0.3 is 0 Å². The zero-order valence-electron chi connectivity index (χ0n) is 17.6. The fourth-order valence-corrected chi connectivity index (χ4v) is 5.23. The van der Waals surface area contributed by atoms with E-state index >= 15 is 0 Å². The Morgan fingerprint density at radius 3 is 2.28 bits per heavy atom. The number of hydrogen-bond donors (Lipinski definition) is 2. The van der Waals surface area contributed by atoms with Gasteiger partial charge in [-0.25, -0.2) is 0 Å². The molecule has 5 atom stereocenters.